The highest BCUT2D eigenvalue weighted by Gasteiger charge is 2.33. The summed E-state index contributed by atoms with van der Waals surface area (Å²) >= 11 is 5.51. The molecule has 0 aliphatic carbocycles. The van der Waals surface area contributed by atoms with Gasteiger partial charge in [0.2, 0.25) is 0 Å². The van der Waals surface area contributed by atoms with Gasteiger partial charge in [-0.15, -0.1) is 24.8 Å². The largest absolute Gasteiger partial charge is 0.573 e. The maximum absolute atomic E-state index is 12.2. The monoisotopic (exact) mass is 293 g/mol. The number of hydrogen-bond acceptors (Lipinski definition) is 4. The van der Waals surface area contributed by atoms with Crippen molar-refractivity contribution in [1.29, 1.82) is 5.26 Å². The van der Waals surface area contributed by atoms with E-state index in [-0.39, 0.29) is 17.0 Å². The number of carbonyl (C=O) groups is 1. The summed E-state index contributed by atoms with van der Waals surface area (Å²) in [5.41, 5.74) is -0.694. The molecule has 0 fully saturated rings. The third-order valence-corrected chi connectivity index (χ3v) is 2.37. The van der Waals surface area contributed by atoms with Crippen LogP contribution in [0.5, 0.6) is 5.75 Å². The molecule has 1 aromatic rings. The fraction of sp³-hybridized carbons (Fsp3) is 0.273. The smallest absolute Gasteiger partial charge is 0.465 e. The fourth-order valence-electron chi connectivity index (χ4n) is 1.34. The molecule has 8 heteroatoms. The Morgan fingerprint density at radius 1 is 1.47 bits per heavy atom. The summed E-state index contributed by atoms with van der Waals surface area (Å²) in [5.74, 6) is -1.88. The summed E-state index contributed by atoms with van der Waals surface area (Å²) in [6.07, 6.45) is -4.98. The van der Waals surface area contributed by atoms with E-state index in [2.05, 4.69) is 9.47 Å². The third kappa shape index (κ3) is 3.76. The Morgan fingerprint density at radius 2 is 2.11 bits per heavy atom. The van der Waals surface area contributed by atoms with E-state index >= 15 is 0 Å². The van der Waals surface area contributed by atoms with Gasteiger partial charge in [0.15, 0.2) is 0 Å². The summed E-state index contributed by atoms with van der Waals surface area (Å²) in [7, 11) is 1.04. The minimum absolute atomic E-state index is 0.149. The molecule has 1 aromatic carbocycles. The lowest BCUT2D eigenvalue weighted by atomic mass is 10.0. The van der Waals surface area contributed by atoms with E-state index in [9.17, 15) is 18.0 Å². The molecule has 0 saturated carbocycles. The van der Waals surface area contributed by atoms with Gasteiger partial charge < -0.3 is 9.47 Å². The number of esters is 1. The minimum Gasteiger partial charge on any atom is -0.465 e. The van der Waals surface area contributed by atoms with Gasteiger partial charge in [0.1, 0.15) is 17.4 Å². The predicted octanol–water partition coefficient (Wildman–Crippen LogP) is 2.98. The number of benzene rings is 1. The number of hydrogen-bond donors (Lipinski definition) is 0. The average Bonchev–Trinajstić information content (AvgIpc) is 2.34. The number of nitriles is 1. The number of methoxy groups -OCH3 is 1. The van der Waals surface area contributed by atoms with Crippen LogP contribution in [-0.2, 0) is 10.6 Å². The number of carbonyl (C=O) groups excluding carboxylic acids is 1. The van der Waals surface area contributed by atoms with E-state index in [4.69, 9.17) is 16.9 Å². The van der Waals surface area contributed by atoms with Crippen LogP contribution in [0.3, 0.4) is 0 Å². The van der Waals surface area contributed by atoms with Crippen molar-refractivity contribution < 1.29 is 27.4 Å². The Labute approximate surface area is 111 Å². The molecule has 19 heavy (non-hydrogen) atoms. The van der Waals surface area contributed by atoms with Gasteiger partial charge >= 0.3 is 12.3 Å². The lowest BCUT2D eigenvalue weighted by Crippen LogP contribution is -2.19. The van der Waals surface area contributed by atoms with Gasteiger partial charge in [-0.05, 0) is 17.7 Å². The van der Waals surface area contributed by atoms with Gasteiger partial charge in [0.05, 0.1) is 12.7 Å². The van der Waals surface area contributed by atoms with Crippen molar-refractivity contribution >= 4 is 17.6 Å². The molecule has 0 bridgehead atoms. The third-order valence-electron chi connectivity index (χ3n) is 2.06. The Balaban J connectivity index is 3.44. The van der Waals surface area contributed by atoms with Crippen molar-refractivity contribution in [1.82, 2.24) is 0 Å². The van der Waals surface area contributed by atoms with Crippen LogP contribution in [0.2, 0.25) is 0 Å². The van der Waals surface area contributed by atoms with Crippen LogP contribution < -0.4 is 4.74 Å². The molecule has 0 atom stereocenters. The highest BCUT2D eigenvalue weighted by molar-refractivity contribution is 6.17. The van der Waals surface area contributed by atoms with Crippen molar-refractivity contribution in [3.05, 3.63) is 28.8 Å². The van der Waals surface area contributed by atoms with Crippen LogP contribution in [0, 0.1) is 11.3 Å². The van der Waals surface area contributed by atoms with Crippen LogP contribution in [0.4, 0.5) is 13.2 Å². The molecule has 0 aromatic heterocycles. The lowest BCUT2D eigenvalue weighted by Gasteiger charge is -2.13. The summed E-state index contributed by atoms with van der Waals surface area (Å²) in [6.45, 7) is 0. The second-order valence-corrected chi connectivity index (χ2v) is 3.57. The Kier molecular flexibility index (Phi) is 4.62. The minimum atomic E-state index is -4.98. The van der Waals surface area contributed by atoms with E-state index in [1.807, 2.05) is 0 Å². The number of ether oxygens (including phenoxy) is 2. The summed E-state index contributed by atoms with van der Waals surface area (Å²) < 4.78 is 44.8. The van der Waals surface area contributed by atoms with Gasteiger partial charge in [-0.2, -0.15) is 5.26 Å². The average molecular weight is 294 g/mol. The molecule has 0 radical (unpaired) electrons. The van der Waals surface area contributed by atoms with Gasteiger partial charge in [-0.3, -0.25) is 0 Å². The molecule has 0 aliphatic heterocycles. The van der Waals surface area contributed by atoms with Gasteiger partial charge in [-0.25, -0.2) is 4.79 Å². The van der Waals surface area contributed by atoms with Gasteiger partial charge in [-0.1, -0.05) is 0 Å². The second-order valence-electron chi connectivity index (χ2n) is 3.30. The lowest BCUT2D eigenvalue weighted by molar-refractivity contribution is -0.274. The normalized spacial score (nSPS) is 10.7. The highest BCUT2D eigenvalue weighted by atomic mass is 35.5. The zero-order chi connectivity index (χ0) is 14.6. The van der Waals surface area contributed by atoms with Crippen LogP contribution in [0.25, 0.3) is 0 Å². The molecule has 0 heterocycles. The zero-order valence-corrected chi connectivity index (χ0v) is 10.3. The zero-order valence-electron chi connectivity index (χ0n) is 9.55. The first kappa shape index (κ1) is 15.1. The fourth-order valence-corrected chi connectivity index (χ4v) is 1.50. The molecule has 0 unspecified atom stereocenters. The Morgan fingerprint density at radius 3 is 2.53 bits per heavy atom. The standard InChI is InChI=1S/C11H7ClF3NO3/c1-18-10(17)7-2-6(4-12)3-9(8(7)5-16)19-11(13,14)15/h2-3H,4H2,1H3. The van der Waals surface area contributed by atoms with E-state index in [0.717, 1.165) is 13.2 Å². The summed E-state index contributed by atoms with van der Waals surface area (Å²) in [5, 5.41) is 8.87. The number of nitrogens with zero attached hydrogens (tertiary/aromatic N) is 1. The van der Waals surface area contributed by atoms with E-state index in [0.29, 0.717) is 0 Å². The predicted molar refractivity (Wildman–Crippen MR) is 58.7 cm³/mol. The quantitative estimate of drug-likeness (QED) is 0.635. The van der Waals surface area contributed by atoms with E-state index in [1.54, 1.807) is 0 Å². The Bertz CT molecular complexity index is 537. The van der Waals surface area contributed by atoms with E-state index in [1.165, 1.54) is 12.1 Å². The summed E-state index contributed by atoms with van der Waals surface area (Å²) in [4.78, 5) is 11.4. The Hall–Kier alpha value is -1.94. The molecule has 4 nitrogen and oxygen atoms in total. The first-order valence-electron chi connectivity index (χ1n) is 4.79. The highest BCUT2D eigenvalue weighted by Crippen LogP contribution is 2.30. The maximum atomic E-state index is 12.2. The maximum Gasteiger partial charge on any atom is 0.573 e. The van der Waals surface area contributed by atoms with Crippen LogP contribution in [0.1, 0.15) is 21.5 Å². The molecule has 0 saturated heterocycles. The molecule has 0 N–H and O–H groups in total. The molecular weight excluding hydrogens is 287 g/mol. The molecule has 1 rings (SSSR count). The molecule has 0 spiro atoms. The number of rotatable bonds is 3. The van der Waals surface area contributed by atoms with Crippen molar-refractivity contribution in [3.63, 3.8) is 0 Å². The first-order valence-corrected chi connectivity index (χ1v) is 5.33. The first-order chi connectivity index (χ1) is 8.82. The molecular formula is C11H7ClF3NO3. The van der Waals surface area contributed by atoms with E-state index < -0.39 is 23.6 Å². The van der Waals surface area contributed by atoms with Crippen LogP contribution >= 0.6 is 11.6 Å². The van der Waals surface area contributed by atoms with Gasteiger partial charge in [0, 0.05) is 5.88 Å². The number of halogens is 4. The molecule has 0 amide bonds. The van der Waals surface area contributed by atoms with Crippen molar-refractivity contribution in [2.24, 2.45) is 0 Å². The van der Waals surface area contributed by atoms with Crippen LogP contribution in [0.15, 0.2) is 12.1 Å². The molecule has 102 valence electrons. The van der Waals surface area contributed by atoms with Crippen molar-refractivity contribution in [2.75, 3.05) is 7.11 Å². The SMILES string of the molecule is COC(=O)c1cc(CCl)cc(OC(F)(F)F)c1C#N. The topological polar surface area (TPSA) is 59.3 Å². The van der Waals surface area contributed by atoms with Crippen molar-refractivity contribution in [2.45, 2.75) is 12.2 Å². The summed E-state index contributed by atoms with van der Waals surface area (Å²) in [6, 6.07) is 3.62. The second kappa shape index (κ2) is 5.80. The van der Waals surface area contributed by atoms with Crippen molar-refractivity contribution in [3.8, 4) is 11.8 Å². The van der Waals surface area contributed by atoms with Gasteiger partial charge in [0.25, 0.3) is 0 Å². The van der Waals surface area contributed by atoms with Crippen LogP contribution in [-0.4, -0.2) is 19.4 Å². The number of alkyl halides is 4. The molecule has 0 aliphatic rings.